The lowest BCUT2D eigenvalue weighted by Crippen LogP contribution is -2.55. The monoisotopic (exact) mass is 682 g/mol. The summed E-state index contributed by atoms with van der Waals surface area (Å²) in [4.78, 5) is 15.4. The third kappa shape index (κ3) is 4.09. The van der Waals surface area contributed by atoms with Crippen molar-refractivity contribution in [1.82, 2.24) is 19.5 Å². The molecule has 0 radical (unpaired) electrons. The number of rotatable bonds is 4. The summed E-state index contributed by atoms with van der Waals surface area (Å²) in [7, 11) is 0. The van der Waals surface area contributed by atoms with E-state index in [9.17, 15) is 0 Å². The molecule has 2 heterocycles. The van der Waals surface area contributed by atoms with Crippen LogP contribution in [0.25, 0.3) is 72.8 Å². The van der Waals surface area contributed by atoms with Gasteiger partial charge in [-0.2, -0.15) is 0 Å². The second-order valence-electron chi connectivity index (χ2n) is 16.0. The molecule has 5 aliphatic carbocycles. The van der Waals surface area contributed by atoms with Crippen LogP contribution in [0.2, 0.25) is 0 Å². The number of fused-ring (bicyclic) bond motifs is 7. The standard InChI is InChI=1S/C49H38N4/c1-3-13-32(14-4-1)46-50-47(33-15-5-2-6-16-33)52-48(51-46)38-19-9-12-22-42(38)53-41-21-11-8-18-37(41)45-43(53)24-23-40-44(45)36-17-7-10-20-39(36)49(40)34-26-30-25-31(28-34)29-35(49)27-30/h1-24,30-31,34-35H,25-29H2. The van der Waals surface area contributed by atoms with E-state index in [0.717, 1.165) is 46.0 Å². The van der Waals surface area contributed by atoms with Gasteiger partial charge in [-0.1, -0.05) is 121 Å². The number of para-hydroxylation sites is 2. The summed E-state index contributed by atoms with van der Waals surface area (Å²) in [5.74, 6) is 5.30. The largest absolute Gasteiger partial charge is 0.308 e. The van der Waals surface area contributed by atoms with Crippen LogP contribution < -0.4 is 0 Å². The van der Waals surface area contributed by atoms with Gasteiger partial charge in [-0.3, -0.25) is 0 Å². The maximum atomic E-state index is 5.18. The van der Waals surface area contributed by atoms with E-state index in [1.807, 2.05) is 36.4 Å². The minimum absolute atomic E-state index is 0.126. The Morgan fingerprint density at radius 1 is 0.453 bits per heavy atom. The molecule has 4 nitrogen and oxygen atoms in total. The van der Waals surface area contributed by atoms with Gasteiger partial charge in [0.05, 0.1) is 16.7 Å². The van der Waals surface area contributed by atoms with Crippen LogP contribution in [0.3, 0.4) is 0 Å². The lowest BCUT2D eigenvalue weighted by molar-refractivity contribution is -0.0399. The number of hydrogen-bond acceptors (Lipinski definition) is 3. The molecule has 4 heteroatoms. The third-order valence-electron chi connectivity index (χ3n) is 13.4. The molecule has 4 fully saturated rings. The van der Waals surface area contributed by atoms with E-state index < -0.39 is 0 Å². The van der Waals surface area contributed by atoms with Crippen LogP contribution in [-0.4, -0.2) is 19.5 Å². The Hall–Kier alpha value is -5.87. The Morgan fingerprint density at radius 2 is 1.02 bits per heavy atom. The summed E-state index contributed by atoms with van der Waals surface area (Å²) in [6.07, 6.45) is 7.00. The van der Waals surface area contributed by atoms with Crippen molar-refractivity contribution in [3.05, 3.63) is 157 Å². The van der Waals surface area contributed by atoms with Gasteiger partial charge in [-0.25, -0.2) is 15.0 Å². The molecule has 1 spiro atoms. The SMILES string of the molecule is c1ccc(-c2nc(-c3ccccc3)nc(-c3ccccc3-n3c4ccccc4c4c5c(ccc43)C3(c4ccccc4-5)C4CC5CC(C4)CC3C5)n2)cc1. The van der Waals surface area contributed by atoms with E-state index in [1.54, 1.807) is 11.1 Å². The molecule has 8 aromatic rings. The van der Waals surface area contributed by atoms with Crippen molar-refractivity contribution in [2.45, 2.75) is 37.5 Å². The first-order chi connectivity index (χ1) is 26.3. The van der Waals surface area contributed by atoms with Gasteiger partial charge in [0, 0.05) is 32.9 Å². The van der Waals surface area contributed by atoms with Crippen LogP contribution in [-0.2, 0) is 5.41 Å². The van der Waals surface area contributed by atoms with Gasteiger partial charge in [0.15, 0.2) is 17.5 Å². The lowest BCUT2D eigenvalue weighted by atomic mass is 9.43. The number of benzene rings is 6. The van der Waals surface area contributed by atoms with E-state index in [1.165, 1.54) is 65.0 Å². The molecule has 6 aromatic carbocycles. The fourth-order valence-corrected chi connectivity index (χ4v) is 11.7. The zero-order valence-electron chi connectivity index (χ0n) is 29.5. The first-order valence-corrected chi connectivity index (χ1v) is 19.4. The fraction of sp³-hybridized carbons (Fsp3) is 0.204. The molecule has 4 bridgehead atoms. The van der Waals surface area contributed by atoms with Crippen LogP contribution in [0.1, 0.15) is 43.2 Å². The molecule has 0 amide bonds. The van der Waals surface area contributed by atoms with Gasteiger partial charge in [-0.15, -0.1) is 0 Å². The Bertz CT molecular complexity index is 2660. The first kappa shape index (κ1) is 29.7. The van der Waals surface area contributed by atoms with E-state index in [4.69, 9.17) is 15.0 Å². The van der Waals surface area contributed by atoms with Crippen LogP contribution in [0.15, 0.2) is 146 Å². The van der Waals surface area contributed by atoms with Crippen molar-refractivity contribution >= 4 is 21.8 Å². The lowest BCUT2D eigenvalue weighted by Gasteiger charge is -2.61. The smallest absolute Gasteiger partial charge is 0.166 e. The van der Waals surface area contributed by atoms with Crippen molar-refractivity contribution in [2.75, 3.05) is 0 Å². The second-order valence-corrected chi connectivity index (χ2v) is 16.0. The highest BCUT2D eigenvalue weighted by molar-refractivity contribution is 6.18. The molecule has 0 N–H and O–H groups in total. The van der Waals surface area contributed by atoms with Gasteiger partial charge < -0.3 is 4.57 Å². The summed E-state index contributed by atoms with van der Waals surface area (Å²) in [5.41, 5.74) is 12.6. The van der Waals surface area contributed by atoms with Gasteiger partial charge in [0.25, 0.3) is 0 Å². The molecule has 0 aliphatic heterocycles. The van der Waals surface area contributed by atoms with Gasteiger partial charge in [-0.05, 0) is 102 Å². The number of hydrogen-bond donors (Lipinski definition) is 0. The van der Waals surface area contributed by atoms with Crippen molar-refractivity contribution in [3.8, 4) is 51.0 Å². The first-order valence-electron chi connectivity index (χ1n) is 19.4. The Kier molecular flexibility index (Phi) is 6.20. The molecular weight excluding hydrogens is 645 g/mol. The summed E-state index contributed by atoms with van der Waals surface area (Å²) >= 11 is 0. The maximum Gasteiger partial charge on any atom is 0.166 e. The van der Waals surface area contributed by atoms with E-state index in [-0.39, 0.29) is 5.41 Å². The summed E-state index contributed by atoms with van der Waals surface area (Å²) < 4.78 is 2.47. The zero-order valence-corrected chi connectivity index (χ0v) is 29.5. The maximum absolute atomic E-state index is 5.18. The van der Waals surface area contributed by atoms with Crippen molar-refractivity contribution in [2.24, 2.45) is 23.7 Å². The van der Waals surface area contributed by atoms with E-state index in [2.05, 4.69) is 114 Å². The molecule has 4 saturated carbocycles. The summed E-state index contributed by atoms with van der Waals surface area (Å²) in [6.45, 7) is 0. The minimum Gasteiger partial charge on any atom is -0.308 e. The third-order valence-corrected chi connectivity index (χ3v) is 13.4. The highest BCUT2D eigenvalue weighted by Crippen LogP contribution is 2.70. The Balaban J connectivity index is 1.12. The fourth-order valence-electron chi connectivity index (χ4n) is 11.7. The van der Waals surface area contributed by atoms with E-state index >= 15 is 0 Å². The molecule has 0 atom stereocenters. The predicted octanol–water partition coefficient (Wildman–Crippen LogP) is 11.7. The Labute approximate surface area is 309 Å². The second kappa shape index (κ2) is 11.1. The average molecular weight is 683 g/mol. The molecule has 5 aliphatic rings. The summed E-state index contributed by atoms with van der Waals surface area (Å²) in [6, 6.07) is 52.6. The molecule has 13 rings (SSSR count). The normalized spacial score (nSPS) is 23.5. The number of nitrogens with zero attached hydrogens (tertiary/aromatic N) is 4. The number of aromatic nitrogens is 4. The van der Waals surface area contributed by atoms with E-state index in [0.29, 0.717) is 17.5 Å². The average Bonchev–Trinajstić information content (AvgIpc) is 3.71. The van der Waals surface area contributed by atoms with Crippen LogP contribution in [0, 0.1) is 23.7 Å². The Morgan fingerprint density at radius 3 is 1.72 bits per heavy atom. The highest BCUT2D eigenvalue weighted by atomic mass is 15.1. The molecule has 2 aromatic heterocycles. The molecule has 53 heavy (non-hydrogen) atoms. The molecule has 254 valence electrons. The van der Waals surface area contributed by atoms with Gasteiger partial charge in [0.2, 0.25) is 0 Å². The van der Waals surface area contributed by atoms with Gasteiger partial charge >= 0.3 is 0 Å². The van der Waals surface area contributed by atoms with Crippen molar-refractivity contribution in [3.63, 3.8) is 0 Å². The zero-order chi connectivity index (χ0) is 34.7. The molecule has 0 unspecified atom stereocenters. The van der Waals surface area contributed by atoms with Crippen molar-refractivity contribution < 1.29 is 0 Å². The highest BCUT2D eigenvalue weighted by Gasteiger charge is 2.61. The van der Waals surface area contributed by atoms with Crippen LogP contribution >= 0.6 is 0 Å². The van der Waals surface area contributed by atoms with Crippen LogP contribution in [0.4, 0.5) is 0 Å². The molecule has 0 saturated heterocycles. The topological polar surface area (TPSA) is 43.6 Å². The van der Waals surface area contributed by atoms with Gasteiger partial charge in [0.1, 0.15) is 0 Å². The molecular formula is C49H38N4. The summed E-state index contributed by atoms with van der Waals surface area (Å²) in [5, 5.41) is 2.67. The van der Waals surface area contributed by atoms with Crippen molar-refractivity contribution in [1.29, 1.82) is 0 Å². The quantitative estimate of drug-likeness (QED) is 0.186. The van der Waals surface area contributed by atoms with Crippen LogP contribution in [0.5, 0.6) is 0 Å². The predicted molar refractivity (Wildman–Crippen MR) is 214 cm³/mol. The minimum atomic E-state index is 0.126.